The van der Waals surface area contributed by atoms with Crippen LogP contribution in [0.15, 0.2) is 27.6 Å². The first kappa shape index (κ1) is 13.3. The van der Waals surface area contributed by atoms with Crippen LogP contribution in [0, 0.1) is 0 Å². The number of pyridine rings is 1. The van der Waals surface area contributed by atoms with Gasteiger partial charge in [-0.05, 0) is 30.1 Å². The average Bonchev–Trinajstić information content (AvgIpc) is 2.84. The summed E-state index contributed by atoms with van der Waals surface area (Å²) < 4.78 is 5.27. The van der Waals surface area contributed by atoms with E-state index in [1.54, 1.807) is 11.8 Å². The van der Waals surface area contributed by atoms with Crippen LogP contribution in [-0.2, 0) is 6.42 Å². The number of aromatic nitrogens is 3. The molecule has 0 saturated heterocycles. The van der Waals surface area contributed by atoms with Crippen LogP contribution in [0.1, 0.15) is 26.1 Å². The quantitative estimate of drug-likeness (QED) is 0.878. The maximum absolute atomic E-state index is 4.45. The highest BCUT2D eigenvalue weighted by Crippen LogP contribution is 2.29. The minimum absolute atomic E-state index is 0.886. The van der Waals surface area contributed by atoms with Crippen molar-refractivity contribution in [3.63, 3.8) is 0 Å². The van der Waals surface area contributed by atoms with Crippen LogP contribution in [0.4, 0.5) is 5.82 Å². The van der Waals surface area contributed by atoms with Gasteiger partial charge in [-0.25, -0.2) is 9.97 Å². The van der Waals surface area contributed by atoms with E-state index in [0.717, 1.165) is 40.3 Å². The van der Waals surface area contributed by atoms with Crippen molar-refractivity contribution in [1.29, 1.82) is 0 Å². The lowest BCUT2D eigenvalue weighted by Gasteiger charge is -2.04. The number of nitrogens with one attached hydrogen (secondary N) is 1. The van der Waals surface area contributed by atoms with E-state index in [-0.39, 0.29) is 0 Å². The number of rotatable bonds is 6. The molecule has 2 rings (SSSR count). The van der Waals surface area contributed by atoms with E-state index in [4.69, 9.17) is 0 Å². The van der Waals surface area contributed by atoms with E-state index >= 15 is 0 Å². The Morgan fingerprint density at radius 3 is 3.00 bits per heavy atom. The van der Waals surface area contributed by atoms with E-state index in [0.29, 0.717) is 0 Å². The SMILES string of the molecule is CCCNc1cc(Sc2nc(CC)ns2)ccn1. The third-order valence-electron chi connectivity index (χ3n) is 2.26. The molecule has 2 aromatic rings. The summed E-state index contributed by atoms with van der Waals surface area (Å²) >= 11 is 3.09. The summed E-state index contributed by atoms with van der Waals surface area (Å²) in [5.74, 6) is 1.84. The van der Waals surface area contributed by atoms with Crippen molar-refractivity contribution in [3.8, 4) is 0 Å². The molecule has 0 radical (unpaired) electrons. The molecule has 0 amide bonds. The first-order chi connectivity index (χ1) is 8.81. The Kier molecular flexibility index (Phi) is 4.95. The molecule has 0 aromatic carbocycles. The second-order valence-electron chi connectivity index (χ2n) is 3.74. The molecule has 0 spiro atoms. The average molecular weight is 280 g/mol. The number of aryl methyl sites for hydroxylation is 1. The Hall–Kier alpha value is -1.14. The van der Waals surface area contributed by atoms with Crippen LogP contribution >= 0.6 is 23.3 Å². The zero-order chi connectivity index (χ0) is 12.8. The minimum atomic E-state index is 0.886. The fourth-order valence-corrected chi connectivity index (χ4v) is 3.05. The fraction of sp³-hybridized carbons (Fsp3) is 0.417. The van der Waals surface area contributed by atoms with Gasteiger partial charge in [-0.15, -0.1) is 0 Å². The maximum atomic E-state index is 4.45. The van der Waals surface area contributed by atoms with Gasteiger partial charge in [0.1, 0.15) is 11.6 Å². The monoisotopic (exact) mass is 280 g/mol. The van der Waals surface area contributed by atoms with Crippen molar-refractivity contribution < 1.29 is 0 Å². The Labute approximate surface area is 115 Å². The maximum Gasteiger partial charge on any atom is 0.174 e. The lowest BCUT2D eigenvalue weighted by atomic mass is 10.4. The first-order valence-corrected chi connectivity index (χ1v) is 7.61. The fourth-order valence-electron chi connectivity index (χ4n) is 1.35. The summed E-state index contributed by atoms with van der Waals surface area (Å²) in [6.45, 7) is 5.15. The third-order valence-corrected chi connectivity index (χ3v) is 4.04. The highest BCUT2D eigenvalue weighted by molar-refractivity contribution is 8.01. The van der Waals surface area contributed by atoms with E-state index < -0.39 is 0 Å². The second-order valence-corrected chi connectivity index (χ2v) is 5.81. The van der Waals surface area contributed by atoms with Crippen LogP contribution in [-0.4, -0.2) is 20.9 Å². The van der Waals surface area contributed by atoms with Gasteiger partial charge in [0, 0.05) is 24.1 Å². The molecule has 0 fully saturated rings. The summed E-state index contributed by atoms with van der Waals surface area (Å²) in [7, 11) is 0. The highest BCUT2D eigenvalue weighted by atomic mass is 32.2. The Balaban J connectivity index is 2.04. The standard InChI is InChI=1S/C12H16N4S2/c1-3-6-13-11-8-9(5-7-14-11)17-12-15-10(4-2)16-18-12/h5,7-8H,3-4,6H2,1-2H3,(H,13,14). The molecule has 4 nitrogen and oxygen atoms in total. The van der Waals surface area contributed by atoms with Gasteiger partial charge in [0.15, 0.2) is 4.34 Å². The van der Waals surface area contributed by atoms with E-state index in [1.165, 1.54) is 11.5 Å². The lowest BCUT2D eigenvalue weighted by molar-refractivity contribution is 0.966. The molecule has 0 saturated carbocycles. The van der Waals surface area contributed by atoms with Crippen molar-refractivity contribution in [2.45, 2.75) is 35.9 Å². The normalized spacial score (nSPS) is 10.6. The van der Waals surface area contributed by atoms with Gasteiger partial charge in [-0.1, -0.05) is 25.6 Å². The lowest BCUT2D eigenvalue weighted by Crippen LogP contribution is -2.01. The largest absolute Gasteiger partial charge is 0.370 e. The van der Waals surface area contributed by atoms with Gasteiger partial charge >= 0.3 is 0 Å². The Morgan fingerprint density at radius 1 is 1.39 bits per heavy atom. The van der Waals surface area contributed by atoms with E-state index in [2.05, 4.69) is 33.5 Å². The topological polar surface area (TPSA) is 50.7 Å². The van der Waals surface area contributed by atoms with Gasteiger partial charge < -0.3 is 5.32 Å². The smallest absolute Gasteiger partial charge is 0.174 e. The van der Waals surface area contributed by atoms with Crippen molar-refractivity contribution in [3.05, 3.63) is 24.2 Å². The molecule has 18 heavy (non-hydrogen) atoms. The van der Waals surface area contributed by atoms with E-state index in [1.807, 2.05) is 18.3 Å². The molecule has 2 aromatic heterocycles. The molecule has 96 valence electrons. The zero-order valence-corrected chi connectivity index (χ0v) is 12.1. The molecule has 0 aliphatic rings. The summed E-state index contributed by atoms with van der Waals surface area (Å²) in [4.78, 5) is 9.87. The molecule has 0 aliphatic carbocycles. The van der Waals surface area contributed by atoms with Crippen LogP contribution in [0.25, 0.3) is 0 Å². The third kappa shape index (κ3) is 3.68. The molecule has 1 N–H and O–H groups in total. The van der Waals surface area contributed by atoms with Crippen LogP contribution in [0.2, 0.25) is 0 Å². The summed E-state index contributed by atoms with van der Waals surface area (Å²) in [6.07, 6.45) is 3.80. The van der Waals surface area contributed by atoms with Gasteiger partial charge in [0.2, 0.25) is 0 Å². The number of anilines is 1. The van der Waals surface area contributed by atoms with Crippen molar-refractivity contribution in [2.24, 2.45) is 0 Å². The van der Waals surface area contributed by atoms with Gasteiger partial charge in [0.05, 0.1) is 0 Å². The number of nitrogens with zero attached hydrogens (tertiary/aromatic N) is 3. The summed E-state index contributed by atoms with van der Waals surface area (Å²) in [5.41, 5.74) is 0. The number of hydrogen-bond acceptors (Lipinski definition) is 6. The molecule has 0 unspecified atom stereocenters. The molecule has 6 heteroatoms. The van der Waals surface area contributed by atoms with Gasteiger partial charge in [0.25, 0.3) is 0 Å². The van der Waals surface area contributed by atoms with Crippen LogP contribution in [0.5, 0.6) is 0 Å². The van der Waals surface area contributed by atoms with Crippen molar-refractivity contribution in [1.82, 2.24) is 14.3 Å². The number of hydrogen-bond donors (Lipinski definition) is 1. The second kappa shape index (κ2) is 6.70. The first-order valence-electron chi connectivity index (χ1n) is 6.02. The molecule has 2 heterocycles. The highest BCUT2D eigenvalue weighted by Gasteiger charge is 2.05. The van der Waals surface area contributed by atoms with Crippen molar-refractivity contribution in [2.75, 3.05) is 11.9 Å². The summed E-state index contributed by atoms with van der Waals surface area (Å²) in [6, 6.07) is 4.04. The van der Waals surface area contributed by atoms with Gasteiger partial charge in [-0.3, -0.25) is 0 Å². The minimum Gasteiger partial charge on any atom is -0.370 e. The van der Waals surface area contributed by atoms with Gasteiger partial charge in [-0.2, -0.15) is 4.37 Å². The predicted octanol–water partition coefficient (Wildman–Crippen LogP) is 3.47. The molecular formula is C12H16N4S2. The molecule has 0 atom stereocenters. The molecular weight excluding hydrogens is 264 g/mol. The van der Waals surface area contributed by atoms with Crippen LogP contribution in [0.3, 0.4) is 0 Å². The van der Waals surface area contributed by atoms with Crippen LogP contribution < -0.4 is 5.32 Å². The Bertz CT molecular complexity index is 498. The zero-order valence-electron chi connectivity index (χ0n) is 10.5. The Morgan fingerprint density at radius 2 is 2.28 bits per heavy atom. The molecule has 0 bridgehead atoms. The predicted molar refractivity (Wildman–Crippen MR) is 76.4 cm³/mol. The molecule has 0 aliphatic heterocycles. The summed E-state index contributed by atoms with van der Waals surface area (Å²) in [5, 5.41) is 3.28. The van der Waals surface area contributed by atoms with Crippen molar-refractivity contribution >= 4 is 29.1 Å². The van der Waals surface area contributed by atoms with E-state index in [9.17, 15) is 0 Å².